The third-order valence-electron chi connectivity index (χ3n) is 5.00. The Labute approximate surface area is 202 Å². The van der Waals surface area contributed by atoms with Gasteiger partial charge in [-0.3, -0.25) is 4.79 Å². The lowest BCUT2D eigenvalue weighted by Crippen LogP contribution is -2.18. The van der Waals surface area contributed by atoms with Crippen molar-refractivity contribution < 1.29 is 23.6 Å². The maximum absolute atomic E-state index is 12.8. The molecule has 0 aliphatic heterocycles. The second-order valence-electron chi connectivity index (χ2n) is 7.42. The minimum absolute atomic E-state index is 0.287. The summed E-state index contributed by atoms with van der Waals surface area (Å²) in [5.74, 6) is 0.124. The van der Waals surface area contributed by atoms with Gasteiger partial charge in [0.2, 0.25) is 0 Å². The first kappa shape index (κ1) is 23.4. The summed E-state index contributed by atoms with van der Waals surface area (Å²) in [6.07, 6.45) is 1.47. The molecule has 1 amide bonds. The molecule has 1 heterocycles. The van der Waals surface area contributed by atoms with Crippen molar-refractivity contribution in [2.75, 3.05) is 6.61 Å². The van der Waals surface area contributed by atoms with Gasteiger partial charge in [0.15, 0.2) is 11.5 Å². The second kappa shape index (κ2) is 10.9. The van der Waals surface area contributed by atoms with E-state index in [9.17, 15) is 9.59 Å². The molecule has 0 atom stereocenters. The number of esters is 1. The van der Waals surface area contributed by atoms with Gasteiger partial charge < -0.3 is 14.0 Å². The number of amides is 1. The van der Waals surface area contributed by atoms with Gasteiger partial charge in [-0.15, -0.1) is 0 Å². The number of nitrogens with zero attached hydrogens (tertiary/aromatic N) is 2. The molecule has 1 aromatic heterocycles. The van der Waals surface area contributed by atoms with Gasteiger partial charge in [-0.2, -0.15) is 5.10 Å². The molecular weight excluding hydrogens is 446 g/mol. The highest BCUT2D eigenvalue weighted by molar-refractivity contribution is 6.01. The zero-order valence-corrected chi connectivity index (χ0v) is 19.2. The Morgan fingerprint density at radius 1 is 1.00 bits per heavy atom. The zero-order valence-electron chi connectivity index (χ0n) is 19.2. The molecule has 0 fully saturated rings. The molecule has 3 aromatic carbocycles. The van der Waals surface area contributed by atoms with Gasteiger partial charge >= 0.3 is 5.97 Å². The molecule has 0 aliphatic rings. The van der Waals surface area contributed by atoms with E-state index in [1.165, 1.54) is 6.21 Å². The van der Waals surface area contributed by atoms with Gasteiger partial charge in [-0.25, -0.2) is 10.2 Å². The fraction of sp³-hybridized carbons (Fsp3) is 0.111. The molecule has 0 saturated heterocycles. The Hall–Kier alpha value is -4.72. The molecule has 0 unspecified atom stereocenters. The maximum atomic E-state index is 12.8. The molecule has 4 rings (SSSR count). The summed E-state index contributed by atoms with van der Waals surface area (Å²) in [7, 11) is 0. The van der Waals surface area contributed by atoms with Crippen LogP contribution in [0.2, 0.25) is 0 Å². The molecule has 8 nitrogen and oxygen atoms in total. The van der Waals surface area contributed by atoms with Crippen LogP contribution in [-0.4, -0.2) is 29.9 Å². The molecule has 0 aliphatic carbocycles. The lowest BCUT2D eigenvalue weighted by molar-refractivity contribution is 0.0728. The number of rotatable bonds is 8. The minimum Gasteiger partial charge on any atom is -0.490 e. The Kier molecular flexibility index (Phi) is 7.32. The van der Waals surface area contributed by atoms with Gasteiger partial charge in [-0.1, -0.05) is 53.7 Å². The number of carbonyl (C=O) groups is 2. The largest absolute Gasteiger partial charge is 0.490 e. The van der Waals surface area contributed by atoms with Crippen LogP contribution in [0, 0.1) is 6.92 Å². The SMILES string of the molecule is CCOc1cc(/C=N/NC(=O)c2c(-c3ccccc3)noc2C)ccc1OC(=O)c1ccccc1. The van der Waals surface area contributed by atoms with Gasteiger partial charge in [0, 0.05) is 5.56 Å². The Bertz CT molecular complexity index is 1350. The predicted octanol–water partition coefficient (Wildman–Crippen LogP) is 5.03. The minimum atomic E-state index is -0.487. The average Bonchev–Trinajstić information content (AvgIpc) is 3.28. The highest BCUT2D eigenvalue weighted by atomic mass is 16.6. The highest BCUT2D eigenvalue weighted by Gasteiger charge is 2.21. The lowest BCUT2D eigenvalue weighted by atomic mass is 10.1. The van der Waals surface area contributed by atoms with Crippen LogP contribution in [0.25, 0.3) is 11.3 Å². The fourth-order valence-corrected chi connectivity index (χ4v) is 3.34. The molecule has 4 aromatic rings. The third kappa shape index (κ3) is 5.62. The normalized spacial score (nSPS) is 10.8. The van der Waals surface area contributed by atoms with Crippen LogP contribution in [0.3, 0.4) is 0 Å². The first-order valence-corrected chi connectivity index (χ1v) is 11.0. The molecular formula is C27H23N3O5. The standard InChI is InChI=1S/C27H23N3O5/c1-3-33-23-16-19(14-15-22(23)34-27(32)21-12-8-5-9-13-21)17-28-29-26(31)24-18(2)35-30-25(24)20-10-6-4-7-11-20/h4-17H,3H2,1-2H3,(H,29,31)/b28-17+. The number of carbonyl (C=O) groups excluding carboxylic acids is 2. The van der Waals surface area contributed by atoms with Crippen LogP contribution in [0.5, 0.6) is 11.5 Å². The van der Waals surface area contributed by atoms with Crippen LogP contribution in [-0.2, 0) is 0 Å². The van der Waals surface area contributed by atoms with E-state index < -0.39 is 11.9 Å². The van der Waals surface area contributed by atoms with Crippen LogP contribution >= 0.6 is 0 Å². The monoisotopic (exact) mass is 469 g/mol. The number of ether oxygens (including phenoxy) is 2. The maximum Gasteiger partial charge on any atom is 0.343 e. The quantitative estimate of drug-likeness (QED) is 0.168. The van der Waals surface area contributed by atoms with Crippen molar-refractivity contribution in [1.29, 1.82) is 0 Å². The molecule has 0 bridgehead atoms. The fourth-order valence-electron chi connectivity index (χ4n) is 3.34. The van der Waals surface area contributed by atoms with Crippen molar-refractivity contribution in [2.24, 2.45) is 5.10 Å². The summed E-state index contributed by atoms with van der Waals surface area (Å²) in [5.41, 5.74) is 5.10. The van der Waals surface area contributed by atoms with Crippen LogP contribution in [0.4, 0.5) is 0 Å². The van der Waals surface area contributed by atoms with Crippen LogP contribution in [0.15, 0.2) is 88.5 Å². The summed E-state index contributed by atoms with van der Waals surface area (Å²) in [6, 6.07) is 23.0. The predicted molar refractivity (Wildman–Crippen MR) is 131 cm³/mol. The summed E-state index contributed by atoms with van der Waals surface area (Å²) in [5, 5.41) is 8.07. The topological polar surface area (TPSA) is 103 Å². The number of hydrazone groups is 1. The summed E-state index contributed by atoms with van der Waals surface area (Å²) < 4.78 is 16.4. The number of aromatic nitrogens is 1. The summed E-state index contributed by atoms with van der Waals surface area (Å²) in [6.45, 7) is 3.87. The van der Waals surface area contributed by atoms with E-state index >= 15 is 0 Å². The Morgan fingerprint density at radius 3 is 2.43 bits per heavy atom. The van der Waals surface area contributed by atoms with E-state index in [4.69, 9.17) is 14.0 Å². The van der Waals surface area contributed by atoms with E-state index in [1.54, 1.807) is 49.4 Å². The second-order valence-corrected chi connectivity index (χ2v) is 7.42. The van der Waals surface area contributed by atoms with E-state index in [0.717, 1.165) is 5.56 Å². The van der Waals surface area contributed by atoms with Gasteiger partial charge in [-0.05, 0) is 49.7 Å². The van der Waals surface area contributed by atoms with Gasteiger partial charge in [0.05, 0.1) is 18.4 Å². The number of aryl methyl sites for hydroxylation is 1. The number of benzene rings is 3. The Morgan fingerprint density at radius 2 is 1.71 bits per heavy atom. The number of nitrogens with one attached hydrogen (secondary N) is 1. The highest BCUT2D eigenvalue weighted by Crippen LogP contribution is 2.29. The van der Waals surface area contributed by atoms with Crippen LogP contribution < -0.4 is 14.9 Å². The number of hydrogen-bond acceptors (Lipinski definition) is 7. The zero-order chi connectivity index (χ0) is 24.6. The van der Waals surface area contributed by atoms with Crippen molar-refractivity contribution in [3.63, 3.8) is 0 Å². The lowest BCUT2D eigenvalue weighted by Gasteiger charge is -2.11. The van der Waals surface area contributed by atoms with E-state index in [1.807, 2.05) is 43.3 Å². The van der Waals surface area contributed by atoms with Gasteiger partial charge in [0.25, 0.3) is 5.91 Å². The van der Waals surface area contributed by atoms with E-state index in [2.05, 4.69) is 15.7 Å². The third-order valence-corrected chi connectivity index (χ3v) is 5.00. The smallest absolute Gasteiger partial charge is 0.343 e. The summed E-state index contributed by atoms with van der Waals surface area (Å²) >= 11 is 0. The van der Waals surface area contributed by atoms with Crippen LogP contribution in [0.1, 0.15) is 39.0 Å². The van der Waals surface area contributed by atoms with E-state index in [0.29, 0.717) is 40.5 Å². The van der Waals surface area contributed by atoms with Gasteiger partial charge in [0.1, 0.15) is 17.0 Å². The molecule has 0 spiro atoms. The van der Waals surface area contributed by atoms with Crippen molar-refractivity contribution >= 4 is 18.1 Å². The first-order valence-electron chi connectivity index (χ1n) is 11.0. The first-order chi connectivity index (χ1) is 17.1. The van der Waals surface area contributed by atoms with Crippen molar-refractivity contribution in [1.82, 2.24) is 10.6 Å². The number of hydrogen-bond donors (Lipinski definition) is 1. The molecule has 35 heavy (non-hydrogen) atoms. The molecule has 0 saturated carbocycles. The molecule has 0 radical (unpaired) electrons. The molecule has 8 heteroatoms. The average molecular weight is 469 g/mol. The molecule has 1 N–H and O–H groups in total. The molecule has 176 valence electrons. The Balaban J connectivity index is 1.48. The van der Waals surface area contributed by atoms with Crippen molar-refractivity contribution in [3.05, 3.63) is 101 Å². The summed E-state index contributed by atoms with van der Waals surface area (Å²) in [4.78, 5) is 25.2. The van der Waals surface area contributed by atoms with E-state index in [-0.39, 0.29) is 5.75 Å². The van der Waals surface area contributed by atoms with Crippen molar-refractivity contribution in [2.45, 2.75) is 13.8 Å². The van der Waals surface area contributed by atoms with Crippen molar-refractivity contribution in [3.8, 4) is 22.8 Å².